The molecule has 3 aromatic rings. The first-order chi connectivity index (χ1) is 12.2. The molecule has 4 heteroatoms. The van der Waals surface area contributed by atoms with Gasteiger partial charge in [0.25, 0.3) is 0 Å². The molecule has 0 radical (unpaired) electrons. The second-order valence-electron chi connectivity index (χ2n) is 6.93. The van der Waals surface area contributed by atoms with Crippen molar-refractivity contribution < 1.29 is 0 Å². The quantitative estimate of drug-likeness (QED) is 0.794. The normalized spacial score (nSPS) is 17.4. The van der Waals surface area contributed by atoms with E-state index in [1.54, 1.807) is 0 Å². The van der Waals surface area contributed by atoms with Crippen molar-refractivity contribution in [2.75, 3.05) is 25.0 Å². The fourth-order valence-corrected chi connectivity index (χ4v) is 3.60. The van der Waals surface area contributed by atoms with E-state index in [0.29, 0.717) is 6.04 Å². The maximum Gasteiger partial charge on any atom is 0.162 e. The Balaban J connectivity index is 1.90. The maximum absolute atomic E-state index is 5.00. The molecule has 1 aliphatic rings. The molecule has 2 heterocycles. The summed E-state index contributed by atoms with van der Waals surface area (Å²) in [6.45, 7) is 6.25. The molecule has 1 aliphatic heterocycles. The minimum absolute atomic E-state index is 0.525. The number of aryl methyl sites for hydroxylation is 2. The highest BCUT2D eigenvalue weighted by Gasteiger charge is 2.24. The summed E-state index contributed by atoms with van der Waals surface area (Å²) in [5.41, 5.74) is 4.56. The summed E-state index contributed by atoms with van der Waals surface area (Å²) >= 11 is 0. The topological polar surface area (TPSA) is 41.0 Å². The molecule has 1 fully saturated rings. The number of rotatable bonds is 3. The van der Waals surface area contributed by atoms with E-state index in [2.05, 4.69) is 66.5 Å². The van der Waals surface area contributed by atoms with Gasteiger partial charge < -0.3 is 10.2 Å². The van der Waals surface area contributed by atoms with Crippen LogP contribution in [0.5, 0.6) is 0 Å². The molecule has 0 spiro atoms. The number of nitrogens with zero attached hydrogens (tertiary/aromatic N) is 3. The van der Waals surface area contributed by atoms with Crippen LogP contribution in [0, 0.1) is 13.8 Å². The van der Waals surface area contributed by atoms with Crippen LogP contribution in [0.15, 0.2) is 42.5 Å². The number of anilines is 1. The van der Waals surface area contributed by atoms with E-state index in [4.69, 9.17) is 9.97 Å². The number of fused-ring (bicyclic) bond motifs is 1. The van der Waals surface area contributed by atoms with E-state index in [9.17, 15) is 0 Å². The molecule has 1 aromatic heterocycles. The van der Waals surface area contributed by atoms with Crippen molar-refractivity contribution in [3.05, 3.63) is 53.6 Å². The number of nitrogens with one attached hydrogen (secondary N) is 1. The summed E-state index contributed by atoms with van der Waals surface area (Å²) in [5, 5.41) is 4.53. The molecule has 0 aliphatic carbocycles. The number of hydrogen-bond donors (Lipinski definition) is 1. The van der Waals surface area contributed by atoms with Gasteiger partial charge in [0.1, 0.15) is 5.82 Å². The van der Waals surface area contributed by atoms with Crippen LogP contribution < -0.4 is 10.2 Å². The second-order valence-corrected chi connectivity index (χ2v) is 6.93. The van der Waals surface area contributed by atoms with E-state index in [1.807, 2.05) is 7.05 Å². The lowest BCUT2D eigenvalue weighted by Gasteiger charge is -2.20. The fourth-order valence-electron chi connectivity index (χ4n) is 3.60. The van der Waals surface area contributed by atoms with Gasteiger partial charge >= 0.3 is 0 Å². The van der Waals surface area contributed by atoms with Crippen molar-refractivity contribution in [2.45, 2.75) is 26.3 Å². The molecule has 1 atom stereocenters. The Morgan fingerprint density at radius 3 is 2.68 bits per heavy atom. The monoisotopic (exact) mass is 332 g/mol. The average molecular weight is 332 g/mol. The molecular formula is C21H24N4. The minimum atomic E-state index is 0.525. The first kappa shape index (κ1) is 16.0. The number of aromatic nitrogens is 2. The number of benzene rings is 2. The van der Waals surface area contributed by atoms with E-state index >= 15 is 0 Å². The summed E-state index contributed by atoms with van der Waals surface area (Å²) in [4.78, 5) is 12.3. The molecule has 1 unspecified atom stereocenters. The summed E-state index contributed by atoms with van der Waals surface area (Å²) in [5.74, 6) is 1.88. The van der Waals surface area contributed by atoms with Gasteiger partial charge in [-0.25, -0.2) is 9.97 Å². The first-order valence-corrected chi connectivity index (χ1v) is 8.92. The molecule has 0 bridgehead atoms. The molecule has 128 valence electrons. The Kier molecular flexibility index (Phi) is 4.14. The molecule has 0 saturated carbocycles. The van der Waals surface area contributed by atoms with Gasteiger partial charge in [0.05, 0.1) is 5.52 Å². The van der Waals surface area contributed by atoms with Crippen LogP contribution in [0.1, 0.15) is 17.5 Å². The highest BCUT2D eigenvalue weighted by atomic mass is 15.2. The molecule has 0 amide bonds. The van der Waals surface area contributed by atoms with Gasteiger partial charge in [-0.05, 0) is 50.6 Å². The molecule has 4 nitrogen and oxygen atoms in total. The molecule has 25 heavy (non-hydrogen) atoms. The van der Waals surface area contributed by atoms with Gasteiger partial charge in [-0.15, -0.1) is 0 Å². The summed E-state index contributed by atoms with van der Waals surface area (Å²) in [6, 6.07) is 15.3. The van der Waals surface area contributed by atoms with Gasteiger partial charge in [0, 0.05) is 30.1 Å². The Morgan fingerprint density at radius 2 is 1.92 bits per heavy atom. The highest BCUT2D eigenvalue weighted by Crippen LogP contribution is 2.31. The van der Waals surface area contributed by atoms with Gasteiger partial charge in [0.15, 0.2) is 5.82 Å². The van der Waals surface area contributed by atoms with Crippen LogP contribution in [0.25, 0.3) is 22.3 Å². The van der Waals surface area contributed by atoms with E-state index in [-0.39, 0.29) is 0 Å². The molecular weight excluding hydrogens is 308 g/mol. The third-order valence-electron chi connectivity index (χ3n) is 5.11. The van der Waals surface area contributed by atoms with Crippen molar-refractivity contribution in [1.29, 1.82) is 0 Å². The number of likely N-dealkylation sites (N-methyl/N-ethyl adjacent to an activating group) is 1. The Bertz CT molecular complexity index is 919. The van der Waals surface area contributed by atoms with Gasteiger partial charge in [-0.2, -0.15) is 0 Å². The second kappa shape index (κ2) is 6.45. The zero-order valence-electron chi connectivity index (χ0n) is 15.1. The SMILES string of the molecule is CNC1CCN(c2nc(-c3ccccc3C)nc3cc(C)ccc23)C1. The lowest BCUT2D eigenvalue weighted by Crippen LogP contribution is -2.30. The summed E-state index contributed by atoms with van der Waals surface area (Å²) in [7, 11) is 2.04. The van der Waals surface area contributed by atoms with Crippen LogP contribution in [0.2, 0.25) is 0 Å². The van der Waals surface area contributed by atoms with E-state index in [1.165, 1.54) is 11.1 Å². The molecule has 1 saturated heterocycles. The molecule has 1 N–H and O–H groups in total. The Labute approximate surface area is 148 Å². The first-order valence-electron chi connectivity index (χ1n) is 8.92. The summed E-state index contributed by atoms with van der Waals surface area (Å²) < 4.78 is 0. The van der Waals surface area contributed by atoms with Crippen molar-refractivity contribution in [3.63, 3.8) is 0 Å². The summed E-state index contributed by atoms with van der Waals surface area (Å²) in [6.07, 6.45) is 1.15. The zero-order chi connectivity index (χ0) is 17.4. The van der Waals surface area contributed by atoms with Crippen molar-refractivity contribution in [3.8, 4) is 11.4 Å². The van der Waals surface area contributed by atoms with Crippen LogP contribution in [0.3, 0.4) is 0 Å². The third-order valence-corrected chi connectivity index (χ3v) is 5.11. The number of hydrogen-bond acceptors (Lipinski definition) is 4. The van der Waals surface area contributed by atoms with Gasteiger partial charge in [0.2, 0.25) is 0 Å². The van der Waals surface area contributed by atoms with Gasteiger partial charge in [-0.1, -0.05) is 30.3 Å². The van der Waals surface area contributed by atoms with E-state index in [0.717, 1.165) is 47.6 Å². The third kappa shape index (κ3) is 2.98. The van der Waals surface area contributed by atoms with Crippen LogP contribution in [-0.2, 0) is 0 Å². The lowest BCUT2D eigenvalue weighted by atomic mass is 10.1. The smallest absolute Gasteiger partial charge is 0.162 e. The van der Waals surface area contributed by atoms with Crippen LogP contribution in [-0.4, -0.2) is 36.1 Å². The zero-order valence-corrected chi connectivity index (χ0v) is 15.1. The van der Waals surface area contributed by atoms with Gasteiger partial charge in [-0.3, -0.25) is 0 Å². The highest BCUT2D eigenvalue weighted by molar-refractivity contribution is 5.91. The Morgan fingerprint density at radius 1 is 1.08 bits per heavy atom. The van der Waals surface area contributed by atoms with Crippen molar-refractivity contribution >= 4 is 16.7 Å². The van der Waals surface area contributed by atoms with Crippen LogP contribution in [0.4, 0.5) is 5.82 Å². The Hall–Kier alpha value is -2.46. The van der Waals surface area contributed by atoms with Crippen molar-refractivity contribution in [1.82, 2.24) is 15.3 Å². The molecule has 4 rings (SSSR count). The molecule has 2 aromatic carbocycles. The van der Waals surface area contributed by atoms with E-state index < -0.39 is 0 Å². The van der Waals surface area contributed by atoms with Crippen molar-refractivity contribution in [2.24, 2.45) is 0 Å². The lowest BCUT2D eigenvalue weighted by molar-refractivity contribution is 0.616. The average Bonchev–Trinajstić information content (AvgIpc) is 3.10. The predicted molar refractivity (Wildman–Crippen MR) is 104 cm³/mol. The van der Waals surface area contributed by atoms with Crippen LogP contribution >= 0.6 is 0 Å². The largest absolute Gasteiger partial charge is 0.354 e. The minimum Gasteiger partial charge on any atom is -0.354 e. The predicted octanol–water partition coefficient (Wildman–Crippen LogP) is 3.71. The maximum atomic E-state index is 5.00. The standard InChI is InChI=1S/C21H24N4/c1-14-8-9-18-19(12-14)23-20(17-7-5-4-6-15(17)2)24-21(18)25-11-10-16(13-25)22-3/h4-9,12,16,22H,10-11,13H2,1-3H3. The fraction of sp³-hybridized carbons (Fsp3) is 0.333.